The first-order chi connectivity index (χ1) is 10.7. The van der Waals surface area contributed by atoms with Crippen molar-refractivity contribution in [1.29, 1.82) is 0 Å². The van der Waals surface area contributed by atoms with Gasteiger partial charge in [-0.1, -0.05) is 93.7 Å². The molecule has 1 rings (SSSR count). The van der Waals surface area contributed by atoms with Crippen LogP contribution in [-0.2, 0) is 6.42 Å². The van der Waals surface area contributed by atoms with Gasteiger partial charge in [0.05, 0.1) is 0 Å². The summed E-state index contributed by atoms with van der Waals surface area (Å²) in [5, 5.41) is 0. The normalized spacial score (nSPS) is 12.7. The van der Waals surface area contributed by atoms with E-state index in [2.05, 4.69) is 74.4 Å². The smallest absolute Gasteiger partial charge is 0.0216 e. The average Bonchev–Trinajstić information content (AvgIpc) is 2.51. The maximum atomic E-state index is 2.50. The summed E-state index contributed by atoms with van der Waals surface area (Å²) < 4.78 is 0. The van der Waals surface area contributed by atoms with E-state index in [1.807, 2.05) is 0 Å². The summed E-state index contributed by atoms with van der Waals surface area (Å²) in [4.78, 5) is 0. The van der Waals surface area contributed by atoms with E-state index in [1.165, 1.54) is 31.2 Å². The molecule has 0 unspecified atom stereocenters. The van der Waals surface area contributed by atoms with E-state index in [4.69, 9.17) is 0 Å². The van der Waals surface area contributed by atoms with Crippen molar-refractivity contribution in [2.75, 3.05) is 0 Å². The molecule has 0 heteroatoms. The highest BCUT2D eigenvalue weighted by Crippen LogP contribution is 2.40. The van der Waals surface area contributed by atoms with Crippen LogP contribution in [0.15, 0.2) is 12.1 Å². The lowest BCUT2D eigenvalue weighted by Gasteiger charge is -2.34. The molecule has 0 aliphatic rings. The van der Waals surface area contributed by atoms with E-state index in [0.29, 0.717) is 23.2 Å². The zero-order valence-corrected chi connectivity index (χ0v) is 17.2. The van der Waals surface area contributed by atoms with Gasteiger partial charge in [0.1, 0.15) is 0 Å². The molecule has 0 nitrogen and oxygen atoms in total. The van der Waals surface area contributed by atoms with Crippen molar-refractivity contribution in [3.05, 3.63) is 34.4 Å². The van der Waals surface area contributed by atoms with E-state index in [-0.39, 0.29) is 0 Å². The number of benzene rings is 1. The summed E-state index contributed by atoms with van der Waals surface area (Å²) in [5.74, 6) is 1.81. The second kappa shape index (κ2) is 8.36. The molecule has 132 valence electrons. The van der Waals surface area contributed by atoms with Crippen molar-refractivity contribution < 1.29 is 0 Å². The third-order valence-corrected chi connectivity index (χ3v) is 6.05. The molecule has 0 spiro atoms. The maximum absolute atomic E-state index is 2.50. The van der Waals surface area contributed by atoms with Crippen molar-refractivity contribution in [3.8, 4) is 0 Å². The lowest BCUT2D eigenvalue weighted by atomic mass is 9.71. The fourth-order valence-corrected chi connectivity index (χ4v) is 3.81. The Balaban J connectivity index is 3.54. The van der Waals surface area contributed by atoms with Gasteiger partial charge in [0.2, 0.25) is 0 Å². The van der Waals surface area contributed by atoms with E-state index in [1.54, 1.807) is 16.7 Å². The van der Waals surface area contributed by atoms with Crippen molar-refractivity contribution in [2.24, 2.45) is 5.41 Å². The maximum Gasteiger partial charge on any atom is -0.0216 e. The highest BCUT2D eigenvalue weighted by atomic mass is 14.3. The first kappa shape index (κ1) is 20.3. The second-order valence-electron chi connectivity index (χ2n) is 8.38. The summed E-state index contributed by atoms with van der Waals surface area (Å²) in [6, 6.07) is 5.00. The van der Waals surface area contributed by atoms with Crippen LogP contribution in [0.5, 0.6) is 0 Å². The van der Waals surface area contributed by atoms with Gasteiger partial charge in [0.15, 0.2) is 0 Å². The summed E-state index contributed by atoms with van der Waals surface area (Å²) in [6.45, 7) is 21.2. The molecule has 0 fully saturated rings. The van der Waals surface area contributed by atoms with Crippen molar-refractivity contribution in [3.63, 3.8) is 0 Å². The molecule has 0 heterocycles. The number of hydrogen-bond donors (Lipinski definition) is 0. The summed E-state index contributed by atoms with van der Waals surface area (Å²) >= 11 is 0. The molecule has 1 aromatic carbocycles. The molecule has 0 aliphatic carbocycles. The van der Waals surface area contributed by atoms with Gasteiger partial charge in [-0.05, 0) is 51.8 Å². The molecule has 0 radical (unpaired) electrons. The Morgan fingerprint density at radius 1 is 0.696 bits per heavy atom. The minimum atomic E-state index is 0.465. The lowest BCUT2D eigenvalue weighted by Crippen LogP contribution is -2.23. The molecule has 0 N–H and O–H groups in total. The lowest BCUT2D eigenvalue weighted by molar-refractivity contribution is 0.247. The van der Waals surface area contributed by atoms with Gasteiger partial charge in [0, 0.05) is 0 Å². The average molecular weight is 317 g/mol. The number of hydrogen-bond acceptors (Lipinski definition) is 0. The zero-order valence-electron chi connectivity index (χ0n) is 17.2. The molecule has 0 amide bonds. The van der Waals surface area contributed by atoms with Crippen LogP contribution < -0.4 is 0 Å². The molecule has 0 bridgehead atoms. The topological polar surface area (TPSA) is 0 Å². The highest BCUT2D eigenvalue weighted by molar-refractivity contribution is 5.44. The molecule has 23 heavy (non-hydrogen) atoms. The van der Waals surface area contributed by atoms with Gasteiger partial charge < -0.3 is 0 Å². The van der Waals surface area contributed by atoms with E-state index in [0.717, 1.165) is 0 Å². The largest absolute Gasteiger partial charge is 0.0648 e. The first-order valence-corrected chi connectivity index (χ1v) is 9.87. The molecule has 1 aromatic rings. The Labute approximate surface area is 146 Å². The summed E-state index contributed by atoms with van der Waals surface area (Å²) in [5.41, 5.74) is 6.83. The molecule has 0 aliphatic heterocycles. The Morgan fingerprint density at radius 2 is 1.09 bits per heavy atom. The number of rotatable bonds is 8. The van der Waals surface area contributed by atoms with Gasteiger partial charge in [-0.25, -0.2) is 0 Å². The standard InChI is InChI=1S/C23H40/c1-10-23(11-2,12-3)15-22-20(17(6)7)13-19(16(4)5)14-21(22)18(8)9/h13-14,16-18H,10-12,15H2,1-9H3. The summed E-state index contributed by atoms with van der Waals surface area (Å²) in [7, 11) is 0. The van der Waals surface area contributed by atoms with Crippen LogP contribution in [0.3, 0.4) is 0 Å². The minimum absolute atomic E-state index is 0.465. The van der Waals surface area contributed by atoms with Crippen LogP contribution in [-0.4, -0.2) is 0 Å². The monoisotopic (exact) mass is 316 g/mol. The molecular weight excluding hydrogens is 276 g/mol. The minimum Gasteiger partial charge on any atom is -0.0648 e. The van der Waals surface area contributed by atoms with Crippen molar-refractivity contribution in [2.45, 2.75) is 106 Å². The third-order valence-electron chi connectivity index (χ3n) is 6.05. The second-order valence-corrected chi connectivity index (χ2v) is 8.38. The van der Waals surface area contributed by atoms with Crippen LogP contribution in [0.25, 0.3) is 0 Å². The van der Waals surface area contributed by atoms with Crippen LogP contribution in [0.4, 0.5) is 0 Å². The molecule has 0 saturated heterocycles. The zero-order chi connectivity index (χ0) is 17.8. The van der Waals surface area contributed by atoms with Gasteiger partial charge in [-0.15, -0.1) is 0 Å². The predicted molar refractivity (Wildman–Crippen MR) is 106 cm³/mol. The molecule has 0 atom stereocenters. The van der Waals surface area contributed by atoms with Crippen molar-refractivity contribution >= 4 is 0 Å². The molecule has 0 saturated carbocycles. The van der Waals surface area contributed by atoms with E-state index >= 15 is 0 Å². The molecule has 0 aromatic heterocycles. The molecular formula is C23H40. The van der Waals surface area contributed by atoms with E-state index < -0.39 is 0 Å². The van der Waals surface area contributed by atoms with Crippen LogP contribution in [0, 0.1) is 5.41 Å². The first-order valence-electron chi connectivity index (χ1n) is 9.87. The SMILES string of the molecule is CCC(CC)(CC)Cc1c(C(C)C)cc(C(C)C)cc1C(C)C. The fourth-order valence-electron chi connectivity index (χ4n) is 3.81. The van der Waals surface area contributed by atoms with E-state index in [9.17, 15) is 0 Å². The quantitative estimate of drug-likeness (QED) is 0.458. The van der Waals surface area contributed by atoms with Gasteiger partial charge in [0.25, 0.3) is 0 Å². The van der Waals surface area contributed by atoms with Crippen LogP contribution in [0.2, 0.25) is 0 Å². The Morgan fingerprint density at radius 3 is 1.35 bits per heavy atom. The highest BCUT2D eigenvalue weighted by Gasteiger charge is 2.28. The Kier molecular flexibility index (Phi) is 7.36. The fraction of sp³-hybridized carbons (Fsp3) is 0.739. The third kappa shape index (κ3) is 4.61. The van der Waals surface area contributed by atoms with Crippen molar-refractivity contribution in [1.82, 2.24) is 0 Å². The van der Waals surface area contributed by atoms with Gasteiger partial charge in [-0.3, -0.25) is 0 Å². The van der Waals surface area contributed by atoms with Crippen LogP contribution >= 0.6 is 0 Å². The Hall–Kier alpha value is -0.780. The predicted octanol–water partition coefficient (Wildman–Crippen LogP) is 7.82. The van der Waals surface area contributed by atoms with Gasteiger partial charge in [-0.2, -0.15) is 0 Å². The van der Waals surface area contributed by atoms with Gasteiger partial charge >= 0.3 is 0 Å². The summed E-state index contributed by atoms with van der Waals surface area (Å²) in [6.07, 6.45) is 5.08. The Bertz CT molecular complexity index is 449. The van der Waals surface area contributed by atoms with Crippen LogP contribution in [0.1, 0.15) is 122 Å².